The number of ketones is 1. The van der Waals surface area contributed by atoms with Gasteiger partial charge in [0, 0.05) is 63.5 Å². The molecular formula is C60H103N3O15. The van der Waals surface area contributed by atoms with Gasteiger partial charge in [-0.2, -0.15) is 0 Å². The number of carbonyl (C=O) groups excluding carboxylic acids is 3. The third kappa shape index (κ3) is 12.5. The Morgan fingerprint density at radius 2 is 1.59 bits per heavy atom. The number of hydrogen-bond donors (Lipinski definition) is 7. The second-order valence-electron chi connectivity index (χ2n) is 27.2. The molecule has 1 amide bonds. The number of aliphatic hydroxyl groups excluding tert-OH is 4. The first kappa shape index (κ1) is 63.4. The summed E-state index contributed by atoms with van der Waals surface area (Å²) >= 11 is 0. The lowest BCUT2D eigenvalue weighted by molar-refractivity contribution is -0.318. The van der Waals surface area contributed by atoms with Crippen LogP contribution in [0.15, 0.2) is 11.6 Å². The normalized spacial score (nSPS) is 49.1. The number of likely N-dealkylation sites (N-methyl/N-ethyl adjacent to an activating group) is 1. The number of ether oxygens (including phenoxy) is 6. The number of methoxy groups -OCH3 is 1. The van der Waals surface area contributed by atoms with Crippen LogP contribution in [0.2, 0.25) is 0 Å². The Balaban J connectivity index is 1.13. The molecule has 0 aromatic rings. The third-order valence-electron chi connectivity index (χ3n) is 21.2. The molecule has 18 heteroatoms. The molecule has 3 saturated heterocycles. The number of allylic oxidation sites excluding steroid dienone is 1. The number of hydrogen-bond acceptors (Lipinski definition) is 17. The minimum Gasteiger partial charge on any atom is -0.459 e. The highest BCUT2D eigenvalue weighted by atomic mass is 16.7. The molecule has 0 spiro atoms. The van der Waals surface area contributed by atoms with E-state index in [2.05, 4.69) is 24.1 Å². The topological polar surface area (TPSA) is 246 Å². The molecule has 78 heavy (non-hydrogen) atoms. The van der Waals surface area contributed by atoms with Crippen LogP contribution >= 0.6 is 0 Å². The lowest BCUT2D eigenvalue weighted by Crippen LogP contribution is -2.60. The van der Waals surface area contributed by atoms with Crippen LogP contribution in [0.25, 0.3) is 0 Å². The molecule has 18 nitrogen and oxygen atoms in total. The zero-order valence-electron chi connectivity index (χ0n) is 50.0. The lowest BCUT2D eigenvalue weighted by atomic mass is 9.46. The van der Waals surface area contributed by atoms with Gasteiger partial charge in [-0.25, -0.2) is 0 Å². The van der Waals surface area contributed by atoms with Gasteiger partial charge >= 0.3 is 5.97 Å². The molecule has 8 unspecified atom stereocenters. The Labute approximate surface area is 466 Å². The lowest BCUT2D eigenvalue weighted by Gasteiger charge is -2.59. The number of nitrogens with one attached hydrogen (secondary N) is 1. The smallest absolute Gasteiger partial charge is 0.311 e. The highest BCUT2D eigenvalue weighted by molar-refractivity contribution is 5.91. The van der Waals surface area contributed by atoms with Crippen LogP contribution in [0.1, 0.15) is 160 Å². The molecule has 3 saturated carbocycles. The highest BCUT2D eigenvalue weighted by Gasteiger charge is 2.63. The Hall–Kier alpha value is -2.17. The minimum absolute atomic E-state index is 0.0217. The number of aliphatic hydroxyl groups is 6. The number of rotatable bonds is 12. The number of cyclic esters (lactones) is 1. The molecule has 25 atom stereocenters. The zero-order chi connectivity index (χ0) is 57.8. The fourth-order valence-corrected chi connectivity index (χ4v) is 16.6. The Bertz CT molecular complexity index is 2110. The molecule has 0 aromatic heterocycles. The summed E-state index contributed by atoms with van der Waals surface area (Å²) in [6.07, 6.45) is -2.16. The van der Waals surface area contributed by atoms with Gasteiger partial charge < -0.3 is 69.3 Å². The molecular weight excluding hydrogens is 1000 g/mol. The number of nitrogens with zero attached hydrogens (tertiary/aromatic N) is 2. The summed E-state index contributed by atoms with van der Waals surface area (Å²) in [7, 11) is 5.27. The van der Waals surface area contributed by atoms with E-state index in [9.17, 15) is 45.0 Å². The van der Waals surface area contributed by atoms with Crippen molar-refractivity contribution < 1.29 is 73.4 Å². The highest BCUT2D eigenvalue weighted by Crippen LogP contribution is 2.66. The summed E-state index contributed by atoms with van der Waals surface area (Å²) in [6.45, 7) is 23.1. The summed E-state index contributed by atoms with van der Waals surface area (Å²) in [4.78, 5) is 45.5. The molecule has 7 N–H and O–H groups in total. The maximum atomic E-state index is 14.7. The van der Waals surface area contributed by atoms with Crippen LogP contribution in [0.4, 0.5) is 0 Å². The fourth-order valence-electron chi connectivity index (χ4n) is 16.6. The Morgan fingerprint density at radius 3 is 2.24 bits per heavy atom. The largest absolute Gasteiger partial charge is 0.459 e. The second kappa shape index (κ2) is 24.6. The SMILES string of the molecule is CC[C@H]1OC(=O)C(C)[C@@H](OC2C[C@](C)(OC)[C@H](O)C(C)O2)[C@H](C)[C@@H](OC2OC(C)C[C@@H](N(C)C)[C@H]2O)[C@](C)(O)C[C@@H](C)CN(CCCNC(=O)[C@H]2CCC3C4CCC5=CC(=O)CC[C@]5(C)C4[C@@H](O)C[C@@]32C)[C@H](C)[C@@H](O)[C@]1(C)O. The van der Waals surface area contributed by atoms with Crippen molar-refractivity contribution in [1.29, 1.82) is 0 Å². The van der Waals surface area contributed by atoms with E-state index in [-0.39, 0.29) is 77.6 Å². The van der Waals surface area contributed by atoms with Gasteiger partial charge in [0.05, 0.1) is 47.6 Å². The summed E-state index contributed by atoms with van der Waals surface area (Å²) < 4.78 is 38.4. The molecule has 3 aliphatic heterocycles. The van der Waals surface area contributed by atoms with E-state index in [1.54, 1.807) is 34.6 Å². The first-order valence-electron chi connectivity index (χ1n) is 29.8. The monoisotopic (exact) mass is 1110 g/mol. The van der Waals surface area contributed by atoms with Gasteiger partial charge in [-0.1, -0.05) is 40.2 Å². The van der Waals surface area contributed by atoms with Gasteiger partial charge in [-0.3, -0.25) is 19.3 Å². The van der Waals surface area contributed by atoms with Gasteiger partial charge in [0.2, 0.25) is 5.91 Å². The van der Waals surface area contributed by atoms with Gasteiger partial charge in [0.1, 0.15) is 30.0 Å². The Kier molecular flexibility index (Phi) is 20.0. The number of esters is 1. The molecule has 0 bridgehead atoms. The maximum absolute atomic E-state index is 14.7. The zero-order valence-corrected chi connectivity index (χ0v) is 50.0. The molecule has 7 rings (SSSR count). The summed E-state index contributed by atoms with van der Waals surface area (Å²) in [5.41, 5.74) is -4.08. The average molecular weight is 1110 g/mol. The first-order chi connectivity index (χ1) is 36.3. The molecule has 0 radical (unpaired) electrons. The quantitative estimate of drug-likeness (QED) is 0.102. The summed E-state index contributed by atoms with van der Waals surface area (Å²) in [5, 5.41) is 75.9. The van der Waals surface area contributed by atoms with Gasteiger partial charge in [-0.05, 0) is 167 Å². The van der Waals surface area contributed by atoms with Crippen molar-refractivity contribution in [2.45, 2.75) is 257 Å². The molecule has 0 aromatic carbocycles. The van der Waals surface area contributed by atoms with Crippen LogP contribution in [0.3, 0.4) is 0 Å². The van der Waals surface area contributed by atoms with Gasteiger partial charge in [-0.15, -0.1) is 0 Å². The van der Waals surface area contributed by atoms with Crippen molar-refractivity contribution in [1.82, 2.24) is 15.1 Å². The molecule has 7 aliphatic rings. The van der Waals surface area contributed by atoms with E-state index in [1.807, 2.05) is 52.8 Å². The number of amides is 1. The van der Waals surface area contributed by atoms with Crippen LogP contribution in [-0.4, -0.2) is 195 Å². The first-order valence-corrected chi connectivity index (χ1v) is 29.8. The number of fused-ring (bicyclic) bond motifs is 5. The molecule has 4 aliphatic carbocycles. The number of carbonyl (C=O) groups is 3. The molecule has 3 heterocycles. The summed E-state index contributed by atoms with van der Waals surface area (Å²) in [5.74, 6) is -2.39. The van der Waals surface area contributed by atoms with Crippen LogP contribution in [0.5, 0.6) is 0 Å². The standard InChI is InChI=1S/C60H103N3O15/c1-16-45-60(12,72)50(67)36(6)63(25-17-24-61-53(69)42-21-20-41-40-19-18-38-27-39(64)22-23-56(38,8)47(40)44(65)29-57(41,42)9)31-32(2)28-58(10,71)52(78-55-48(66)43(62(13)14)26-33(3)74-55)34(4)49(35(5)54(70)76-45)77-46-30-59(11,73-15)51(68)37(7)75-46/h27,32-37,40-52,55,65-68,71-72H,16-26,28-31H2,1-15H3,(H,61,69)/t32-,33?,34+,35?,36-,37?,40?,41?,42-,43-,44+,45-,46?,47?,48-,49+,50-,51-,52-,55?,56+,57+,58-,59+,60-/m1/s1. The fraction of sp³-hybridized carbons (Fsp3) is 0.917. The third-order valence-corrected chi connectivity index (χ3v) is 21.2. The van der Waals surface area contributed by atoms with E-state index >= 15 is 0 Å². The second-order valence-corrected chi connectivity index (χ2v) is 27.2. The predicted octanol–water partition coefficient (Wildman–Crippen LogP) is 4.90. The molecule has 6 fully saturated rings. The predicted molar refractivity (Wildman–Crippen MR) is 292 cm³/mol. The maximum Gasteiger partial charge on any atom is 0.311 e. The van der Waals surface area contributed by atoms with Crippen molar-refractivity contribution in [2.24, 2.45) is 52.3 Å². The van der Waals surface area contributed by atoms with Crippen molar-refractivity contribution in [3.63, 3.8) is 0 Å². The van der Waals surface area contributed by atoms with Crippen LogP contribution in [0, 0.1) is 52.3 Å². The van der Waals surface area contributed by atoms with E-state index in [0.717, 1.165) is 32.1 Å². The average Bonchev–Trinajstić information content (AvgIpc) is 3.75. The van der Waals surface area contributed by atoms with E-state index in [0.29, 0.717) is 51.2 Å². The van der Waals surface area contributed by atoms with Crippen molar-refractivity contribution >= 4 is 17.7 Å². The van der Waals surface area contributed by atoms with Crippen LogP contribution in [-0.2, 0) is 42.8 Å². The van der Waals surface area contributed by atoms with E-state index in [4.69, 9.17) is 28.4 Å². The summed E-state index contributed by atoms with van der Waals surface area (Å²) in [6, 6.07) is -1.03. The minimum atomic E-state index is -1.94. The van der Waals surface area contributed by atoms with Gasteiger partial charge in [0.15, 0.2) is 18.4 Å². The van der Waals surface area contributed by atoms with Crippen LogP contribution < -0.4 is 5.32 Å². The van der Waals surface area contributed by atoms with Crippen molar-refractivity contribution in [2.75, 3.05) is 40.8 Å². The van der Waals surface area contributed by atoms with Crippen molar-refractivity contribution in [3.05, 3.63) is 11.6 Å². The van der Waals surface area contributed by atoms with E-state index in [1.165, 1.54) is 19.6 Å². The van der Waals surface area contributed by atoms with E-state index < -0.39 is 102 Å². The Morgan fingerprint density at radius 1 is 0.897 bits per heavy atom. The van der Waals surface area contributed by atoms with Gasteiger partial charge in [0.25, 0.3) is 0 Å². The van der Waals surface area contributed by atoms with Crippen molar-refractivity contribution in [3.8, 4) is 0 Å². The molecule has 448 valence electrons.